The van der Waals surface area contributed by atoms with E-state index in [0.717, 1.165) is 0 Å². The van der Waals surface area contributed by atoms with Crippen LogP contribution in [-0.4, -0.2) is 11.1 Å². The summed E-state index contributed by atoms with van der Waals surface area (Å²) in [6.45, 7) is 3.86. The minimum absolute atomic E-state index is 0.358. The van der Waals surface area contributed by atoms with Crippen molar-refractivity contribution in [1.29, 1.82) is 0 Å². The summed E-state index contributed by atoms with van der Waals surface area (Å²) in [5.41, 5.74) is 0. The van der Waals surface area contributed by atoms with Gasteiger partial charge in [-0.15, -0.1) is 0 Å². The van der Waals surface area contributed by atoms with Gasteiger partial charge in [-0.25, -0.2) is 0 Å². The lowest BCUT2D eigenvalue weighted by molar-refractivity contribution is 0.494. The lowest BCUT2D eigenvalue weighted by atomic mass is 10.3. The molecule has 1 N–H and O–H groups in total. The Morgan fingerprint density at radius 1 is 1.71 bits per heavy atom. The highest BCUT2D eigenvalue weighted by Crippen LogP contribution is 2.16. The molecule has 0 saturated heterocycles. The zero-order valence-corrected chi connectivity index (χ0v) is 5.64. The Balaban J connectivity index is 3.13. The Labute approximate surface area is 44.4 Å². The van der Waals surface area contributed by atoms with Crippen LogP contribution in [0.2, 0.25) is 0 Å². The van der Waals surface area contributed by atoms with Gasteiger partial charge in [0.2, 0.25) is 0 Å². The maximum absolute atomic E-state index is 9.99. The quantitative estimate of drug-likeness (QED) is 0.557. The molecule has 0 saturated carbocycles. The lowest BCUT2D eigenvalue weighted by Gasteiger charge is -1.95. The van der Waals surface area contributed by atoms with Crippen molar-refractivity contribution in [2.75, 3.05) is 6.16 Å². The van der Waals surface area contributed by atoms with Gasteiger partial charge in [-0.2, -0.15) is 0 Å². The highest BCUT2D eigenvalue weighted by molar-refractivity contribution is 7.37. The third-order valence-electron chi connectivity index (χ3n) is 0.583. The molecule has 0 aromatic rings. The number of rotatable bonds is 2. The first-order valence-corrected chi connectivity index (χ1v) is 3.91. The second kappa shape index (κ2) is 3.23. The van der Waals surface area contributed by atoms with Crippen LogP contribution >= 0.6 is 8.03 Å². The molecule has 3 heteroatoms. The van der Waals surface area contributed by atoms with Crippen molar-refractivity contribution in [3.05, 3.63) is 0 Å². The summed E-state index contributed by atoms with van der Waals surface area (Å²) in [5, 5.41) is 0. The van der Waals surface area contributed by atoms with E-state index < -0.39 is 8.03 Å². The third kappa shape index (κ3) is 6.19. The molecule has 0 fully saturated rings. The zero-order valence-electron chi connectivity index (χ0n) is 4.64. The average molecular weight is 122 g/mol. The molecule has 7 heavy (non-hydrogen) atoms. The summed E-state index contributed by atoms with van der Waals surface area (Å²) in [4.78, 5) is 8.27. The summed E-state index contributed by atoms with van der Waals surface area (Å²) in [7, 11) is -2.18. The van der Waals surface area contributed by atoms with Gasteiger partial charge in [-0.05, 0) is 5.92 Å². The number of hydrogen-bond acceptors (Lipinski definition) is 1. The van der Waals surface area contributed by atoms with E-state index in [1.165, 1.54) is 0 Å². The van der Waals surface area contributed by atoms with E-state index in [1.54, 1.807) is 0 Å². The summed E-state index contributed by atoms with van der Waals surface area (Å²) >= 11 is 0. The van der Waals surface area contributed by atoms with E-state index in [9.17, 15) is 4.57 Å². The molecule has 0 heterocycles. The van der Waals surface area contributed by atoms with Crippen LogP contribution in [0.15, 0.2) is 0 Å². The molecule has 0 rings (SSSR count). The second-order valence-electron chi connectivity index (χ2n) is 1.99. The van der Waals surface area contributed by atoms with Crippen molar-refractivity contribution in [1.82, 2.24) is 0 Å². The van der Waals surface area contributed by atoms with Gasteiger partial charge in [0.25, 0.3) is 0 Å². The van der Waals surface area contributed by atoms with Crippen LogP contribution in [0.1, 0.15) is 13.8 Å². The molecule has 0 aliphatic carbocycles. The molecular weight excluding hydrogens is 111 g/mol. The zero-order chi connectivity index (χ0) is 5.86. The van der Waals surface area contributed by atoms with Gasteiger partial charge >= 0.3 is 0 Å². The predicted molar refractivity (Wildman–Crippen MR) is 30.9 cm³/mol. The Morgan fingerprint density at radius 3 is 2.14 bits per heavy atom. The molecule has 0 aliphatic heterocycles. The van der Waals surface area contributed by atoms with Crippen LogP contribution in [0, 0.1) is 5.92 Å². The predicted octanol–water partition coefficient (Wildman–Crippen LogP) is 1.11. The minimum Gasteiger partial charge on any atom is -0.346 e. The molecule has 0 amide bonds. The van der Waals surface area contributed by atoms with Crippen molar-refractivity contribution in [3.8, 4) is 0 Å². The van der Waals surface area contributed by atoms with Crippen LogP contribution in [0.5, 0.6) is 0 Å². The summed E-state index contributed by atoms with van der Waals surface area (Å²) in [5.74, 6) is 0.358. The van der Waals surface area contributed by atoms with E-state index in [-0.39, 0.29) is 0 Å². The maximum atomic E-state index is 9.99. The Hall–Kier alpha value is 0.190. The fourth-order valence-corrected chi connectivity index (χ4v) is 1.05. The molecule has 44 valence electrons. The van der Waals surface area contributed by atoms with Crippen LogP contribution in [0.3, 0.4) is 0 Å². The fraction of sp³-hybridized carbons (Fsp3) is 1.00. The Morgan fingerprint density at radius 2 is 2.14 bits per heavy atom. The van der Waals surface area contributed by atoms with Crippen LogP contribution in [0.25, 0.3) is 0 Å². The van der Waals surface area contributed by atoms with E-state index in [4.69, 9.17) is 4.89 Å². The first-order valence-electron chi connectivity index (χ1n) is 2.34. The summed E-state index contributed by atoms with van der Waals surface area (Å²) < 4.78 is 9.99. The maximum Gasteiger partial charge on any atom is 0.189 e. The summed E-state index contributed by atoms with van der Waals surface area (Å²) in [6.07, 6.45) is 0.463. The lowest BCUT2D eigenvalue weighted by Crippen LogP contribution is -1.88. The van der Waals surface area contributed by atoms with Gasteiger partial charge in [0.05, 0.1) is 0 Å². The molecule has 1 atom stereocenters. The molecule has 0 spiro atoms. The van der Waals surface area contributed by atoms with Gasteiger partial charge in [0.15, 0.2) is 8.03 Å². The monoisotopic (exact) mass is 122 g/mol. The molecule has 0 aromatic carbocycles. The first-order chi connectivity index (χ1) is 3.13. The van der Waals surface area contributed by atoms with Gasteiger partial charge in [-0.1, -0.05) is 13.8 Å². The van der Waals surface area contributed by atoms with E-state index >= 15 is 0 Å². The normalized spacial score (nSPS) is 14.9. The standard InChI is InChI=1S/C4H11O2P/c1-4(2)3-7(5)6/h4,7H,3H2,1-2H3,(H,5,6). The highest BCUT2D eigenvalue weighted by atomic mass is 31.1. The number of hydrogen-bond donors (Lipinski definition) is 1. The molecule has 0 bridgehead atoms. The minimum atomic E-state index is -2.18. The van der Waals surface area contributed by atoms with Crippen LogP contribution < -0.4 is 0 Å². The molecule has 0 radical (unpaired) electrons. The van der Waals surface area contributed by atoms with Crippen molar-refractivity contribution in [3.63, 3.8) is 0 Å². The first kappa shape index (κ1) is 7.19. The fourth-order valence-electron chi connectivity index (χ4n) is 0.349. The van der Waals surface area contributed by atoms with E-state index in [0.29, 0.717) is 12.1 Å². The van der Waals surface area contributed by atoms with Gasteiger partial charge in [-0.3, -0.25) is 4.57 Å². The van der Waals surface area contributed by atoms with E-state index in [2.05, 4.69) is 0 Å². The smallest absolute Gasteiger partial charge is 0.189 e. The summed E-state index contributed by atoms with van der Waals surface area (Å²) in [6, 6.07) is 0. The molecule has 0 aliphatic rings. The van der Waals surface area contributed by atoms with Crippen molar-refractivity contribution in [2.24, 2.45) is 5.92 Å². The van der Waals surface area contributed by atoms with E-state index in [1.807, 2.05) is 13.8 Å². The van der Waals surface area contributed by atoms with Crippen LogP contribution in [0.4, 0.5) is 0 Å². The Bertz CT molecular complexity index is 70.1. The van der Waals surface area contributed by atoms with Gasteiger partial charge in [0, 0.05) is 6.16 Å². The molecule has 2 nitrogen and oxygen atoms in total. The third-order valence-corrected chi connectivity index (χ3v) is 1.75. The molecule has 1 unspecified atom stereocenters. The van der Waals surface area contributed by atoms with Crippen molar-refractivity contribution >= 4 is 8.03 Å². The molecular formula is C4H11O2P. The van der Waals surface area contributed by atoms with Gasteiger partial charge in [0.1, 0.15) is 0 Å². The van der Waals surface area contributed by atoms with Crippen molar-refractivity contribution < 1.29 is 9.46 Å². The second-order valence-corrected chi connectivity index (χ2v) is 3.19. The highest BCUT2D eigenvalue weighted by Gasteiger charge is 1.95. The average Bonchev–Trinajstić information content (AvgIpc) is 1.27. The SMILES string of the molecule is CC(C)C[PH](=O)O. The van der Waals surface area contributed by atoms with Crippen LogP contribution in [-0.2, 0) is 4.57 Å². The topological polar surface area (TPSA) is 37.3 Å². The largest absolute Gasteiger partial charge is 0.346 e. The van der Waals surface area contributed by atoms with Crippen molar-refractivity contribution in [2.45, 2.75) is 13.8 Å². The molecule has 0 aromatic heterocycles. The van der Waals surface area contributed by atoms with Gasteiger partial charge < -0.3 is 4.89 Å². The Kier molecular flexibility index (Phi) is 3.31.